The molecule has 0 N–H and O–H groups in total. The van der Waals surface area contributed by atoms with E-state index in [1.54, 1.807) is 14.2 Å². The molecule has 0 spiro atoms. The fraction of sp³-hybridized carbons (Fsp3) is 0.500. The van der Waals surface area contributed by atoms with Gasteiger partial charge in [-0.25, -0.2) is 0 Å². The Morgan fingerprint density at radius 3 is 2.53 bits per heavy atom. The van der Waals surface area contributed by atoms with E-state index >= 15 is 0 Å². The van der Waals surface area contributed by atoms with Gasteiger partial charge in [0.15, 0.2) is 0 Å². The van der Waals surface area contributed by atoms with Crippen LogP contribution in [0.2, 0.25) is 0 Å². The topological polar surface area (TPSA) is 27.7 Å². The summed E-state index contributed by atoms with van der Waals surface area (Å²) >= 11 is 0. The van der Waals surface area contributed by atoms with Gasteiger partial charge in [-0.05, 0) is 18.1 Å². The number of hydrogen-bond donors (Lipinski definition) is 0. The zero-order chi connectivity index (χ0) is 11.1. The van der Waals surface area contributed by atoms with E-state index in [0.29, 0.717) is 13.2 Å². The molecule has 1 rings (SSSR count). The van der Waals surface area contributed by atoms with Crippen molar-refractivity contribution in [1.29, 1.82) is 0 Å². The predicted octanol–water partition coefficient (Wildman–Crippen LogP) is 2.28. The van der Waals surface area contributed by atoms with E-state index in [1.165, 1.54) is 5.56 Å². The summed E-state index contributed by atoms with van der Waals surface area (Å²) in [4.78, 5) is 0. The lowest BCUT2D eigenvalue weighted by atomic mass is 10.1. The van der Waals surface area contributed by atoms with Crippen molar-refractivity contribution >= 4 is 0 Å². The minimum Gasteiger partial charge on any atom is -0.497 e. The van der Waals surface area contributed by atoms with Gasteiger partial charge in [0.05, 0.1) is 13.7 Å². The van der Waals surface area contributed by atoms with Crippen molar-refractivity contribution in [1.82, 2.24) is 0 Å². The quantitative estimate of drug-likeness (QED) is 0.674. The van der Waals surface area contributed by atoms with Crippen LogP contribution in [0.25, 0.3) is 0 Å². The van der Waals surface area contributed by atoms with E-state index in [9.17, 15) is 0 Å². The minimum atomic E-state index is 0.566. The standard InChI is InChI=1S/C12H18O3/c1-4-10-5-6-11(14-3)9-12(10)15-8-7-13-2/h5-6,9H,4,7-8H2,1-3H3. The van der Waals surface area contributed by atoms with Crippen LogP contribution >= 0.6 is 0 Å². The second-order valence-corrected chi connectivity index (χ2v) is 3.17. The highest BCUT2D eigenvalue weighted by molar-refractivity contribution is 5.40. The molecule has 0 aliphatic rings. The van der Waals surface area contributed by atoms with E-state index in [4.69, 9.17) is 14.2 Å². The lowest BCUT2D eigenvalue weighted by Crippen LogP contribution is -2.05. The van der Waals surface area contributed by atoms with Gasteiger partial charge in [-0.2, -0.15) is 0 Å². The summed E-state index contributed by atoms with van der Waals surface area (Å²) in [5.41, 5.74) is 1.19. The second-order valence-electron chi connectivity index (χ2n) is 3.17. The molecule has 0 atom stereocenters. The lowest BCUT2D eigenvalue weighted by Gasteiger charge is -2.11. The van der Waals surface area contributed by atoms with Gasteiger partial charge in [0.25, 0.3) is 0 Å². The zero-order valence-corrected chi connectivity index (χ0v) is 9.58. The number of rotatable bonds is 6. The SMILES string of the molecule is CCc1ccc(OC)cc1OCCOC. The van der Waals surface area contributed by atoms with E-state index in [2.05, 4.69) is 6.92 Å². The van der Waals surface area contributed by atoms with E-state index in [-0.39, 0.29) is 0 Å². The first kappa shape index (κ1) is 11.9. The van der Waals surface area contributed by atoms with Crippen molar-refractivity contribution in [2.24, 2.45) is 0 Å². The summed E-state index contributed by atoms with van der Waals surface area (Å²) < 4.78 is 15.7. The summed E-state index contributed by atoms with van der Waals surface area (Å²) in [7, 11) is 3.32. The molecule has 0 radical (unpaired) electrons. The smallest absolute Gasteiger partial charge is 0.126 e. The molecule has 0 fully saturated rings. The lowest BCUT2D eigenvalue weighted by molar-refractivity contribution is 0.145. The Hall–Kier alpha value is -1.22. The van der Waals surface area contributed by atoms with Crippen LogP contribution < -0.4 is 9.47 Å². The molecule has 0 aromatic heterocycles. The molecule has 0 amide bonds. The zero-order valence-electron chi connectivity index (χ0n) is 9.58. The van der Waals surface area contributed by atoms with Gasteiger partial charge in [0.1, 0.15) is 18.1 Å². The largest absolute Gasteiger partial charge is 0.497 e. The number of methoxy groups -OCH3 is 2. The molecule has 0 aliphatic heterocycles. The van der Waals surface area contributed by atoms with Gasteiger partial charge >= 0.3 is 0 Å². The Labute approximate surface area is 91.0 Å². The first-order valence-corrected chi connectivity index (χ1v) is 5.10. The van der Waals surface area contributed by atoms with Crippen molar-refractivity contribution in [3.05, 3.63) is 23.8 Å². The molecule has 0 aliphatic carbocycles. The molecule has 3 heteroatoms. The fourth-order valence-corrected chi connectivity index (χ4v) is 1.32. The molecule has 1 aromatic rings. The highest BCUT2D eigenvalue weighted by Crippen LogP contribution is 2.25. The summed E-state index contributed by atoms with van der Waals surface area (Å²) in [6.07, 6.45) is 0.951. The van der Waals surface area contributed by atoms with Crippen molar-refractivity contribution in [2.75, 3.05) is 27.4 Å². The number of aryl methyl sites for hydroxylation is 1. The first-order valence-electron chi connectivity index (χ1n) is 5.10. The molecular weight excluding hydrogens is 192 g/mol. The molecule has 15 heavy (non-hydrogen) atoms. The van der Waals surface area contributed by atoms with Crippen LogP contribution in [0.5, 0.6) is 11.5 Å². The monoisotopic (exact) mass is 210 g/mol. The summed E-state index contributed by atoms with van der Waals surface area (Å²) in [6, 6.07) is 5.89. The number of benzene rings is 1. The minimum absolute atomic E-state index is 0.566. The van der Waals surface area contributed by atoms with Gasteiger partial charge in [-0.1, -0.05) is 13.0 Å². The maximum atomic E-state index is 5.61. The molecule has 0 saturated carbocycles. The third kappa shape index (κ3) is 3.44. The molecular formula is C12H18O3. The normalized spacial score (nSPS) is 10.1. The van der Waals surface area contributed by atoms with Crippen molar-refractivity contribution in [2.45, 2.75) is 13.3 Å². The Kier molecular flexibility index (Phi) is 4.98. The van der Waals surface area contributed by atoms with Gasteiger partial charge < -0.3 is 14.2 Å². The first-order chi connectivity index (χ1) is 7.31. The average Bonchev–Trinajstić information content (AvgIpc) is 2.29. The highest BCUT2D eigenvalue weighted by Gasteiger charge is 2.03. The van der Waals surface area contributed by atoms with E-state index in [1.807, 2.05) is 18.2 Å². The van der Waals surface area contributed by atoms with Gasteiger partial charge in [-0.3, -0.25) is 0 Å². The summed E-state index contributed by atoms with van der Waals surface area (Å²) in [5, 5.41) is 0. The predicted molar refractivity (Wildman–Crippen MR) is 59.7 cm³/mol. The molecule has 1 aromatic carbocycles. The molecule has 0 bridgehead atoms. The van der Waals surface area contributed by atoms with Crippen molar-refractivity contribution in [3.8, 4) is 11.5 Å². The Balaban J connectivity index is 2.72. The molecule has 3 nitrogen and oxygen atoms in total. The second kappa shape index (κ2) is 6.30. The van der Waals surface area contributed by atoms with Crippen LogP contribution in [-0.2, 0) is 11.2 Å². The molecule has 0 saturated heterocycles. The molecule has 84 valence electrons. The molecule has 0 heterocycles. The van der Waals surface area contributed by atoms with E-state index < -0.39 is 0 Å². The maximum absolute atomic E-state index is 5.61. The third-order valence-electron chi connectivity index (χ3n) is 2.20. The number of ether oxygens (including phenoxy) is 3. The van der Waals surface area contributed by atoms with Crippen molar-refractivity contribution in [3.63, 3.8) is 0 Å². The van der Waals surface area contributed by atoms with Crippen LogP contribution in [0.4, 0.5) is 0 Å². The maximum Gasteiger partial charge on any atom is 0.126 e. The summed E-state index contributed by atoms with van der Waals surface area (Å²) in [5.74, 6) is 1.70. The van der Waals surface area contributed by atoms with E-state index in [0.717, 1.165) is 17.9 Å². The van der Waals surface area contributed by atoms with Crippen LogP contribution in [0, 0.1) is 0 Å². The Morgan fingerprint density at radius 1 is 1.13 bits per heavy atom. The van der Waals surface area contributed by atoms with Crippen LogP contribution in [0.15, 0.2) is 18.2 Å². The summed E-state index contributed by atoms with van der Waals surface area (Å²) in [6.45, 7) is 3.27. The molecule has 0 unspecified atom stereocenters. The van der Waals surface area contributed by atoms with Gasteiger partial charge in [0, 0.05) is 13.2 Å². The Morgan fingerprint density at radius 2 is 1.93 bits per heavy atom. The Bertz CT molecular complexity index is 297. The third-order valence-corrected chi connectivity index (χ3v) is 2.20. The number of hydrogen-bond acceptors (Lipinski definition) is 3. The van der Waals surface area contributed by atoms with Crippen LogP contribution in [-0.4, -0.2) is 27.4 Å². The highest BCUT2D eigenvalue weighted by atomic mass is 16.5. The van der Waals surface area contributed by atoms with Gasteiger partial charge in [0.2, 0.25) is 0 Å². The average molecular weight is 210 g/mol. The van der Waals surface area contributed by atoms with Crippen LogP contribution in [0.3, 0.4) is 0 Å². The fourth-order valence-electron chi connectivity index (χ4n) is 1.32. The van der Waals surface area contributed by atoms with Gasteiger partial charge in [-0.15, -0.1) is 0 Å². The van der Waals surface area contributed by atoms with Crippen molar-refractivity contribution < 1.29 is 14.2 Å². The van der Waals surface area contributed by atoms with Crippen LogP contribution in [0.1, 0.15) is 12.5 Å².